The van der Waals surface area contributed by atoms with E-state index in [2.05, 4.69) is 42.9 Å². The van der Waals surface area contributed by atoms with Gasteiger partial charge in [0.05, 0.1) is 5.01 Å². The lowest BCUT2D eigenvalue weighted by atomic mass is 9.98. The van der Waals surface area contributed by atoms with E-state index >= 15 is 0 Å². The molecule has 0 spiro atoms. The molecule has 2 rings (SSSR count). The van der Waals surface area contributed by atoms with Gasteiger partial charge in [0, 0.05) is 35.6 Å². The van der Waals surface area contributed by atoms with Crippen LogP contribution in [0.3, 0.4) is 0 Å². The van der Waals surface area contributed by atoms with Crippen LogP contribution in [0.15, 0.2) is 6.20 Å². The normalized spacial score (nSPS) is 18.9. The fraction of sp³-hybridized carbons (Fsp3) is 0.800. The number of rotatable bonds is 5. The molecule has 0 amide bonds. The van der Waals surface area contributed by atoms with Gasteiger partial charge in [0.2, 0.25) is 0 Å². The molecular formula is C15H27N3S. The molecule has 0 aliphatic carbocycles. The second-order valence-corrected chi connectivity index (χ2v) is 7.72. The molecule has 1 atom stereocenters. The van der Waals surface area contributed by atoms with E-state index in [1.165, 1.54) is 35.8 Å². The smallest absolute Gasteiger partial charge is 0.0981 e. The third kappa shape index (κ3) is 4.26. The summed E-state index contributed by atoms with van der Waals surface area (Å²) < 4.78 is 0. The highest BCUT2D eigenvalue weighted by Crippen LogP contribution is 2.26. The molecular weight excluding hydrogens is 254 g/mol. The number of nitrogens with one attached hydrogen (secondary N) is 1. The molecule has 0 radical (unpaired) electrons. The summed E-state index contributed by atoms with van der Waals surface area (Å²) in [5, 5.41) is 4.81. The van der Waals surface area contributed by atoms with Gasteiger partial charge in [0.1, 0.15) is 0 Å². The Morgan fingerprint density at radius 2 is 2.05 bits per heavy atom. The van der Waals surface area contributed by atoms with Crippen molar-refractivity contribution >= 4 is 11.3 Å². The van der Waals surface area contributed by atoms with Crippen LogP contribution in [0, 0.1) is 0 Å². The zero-order valence-corrected chi connectivity index (χ0v) is 13.5. The van der Waals surface area contributed by atoms with Crippen LogP contribution in [0.4, 0.5) is 0 Å². The molecule has 1 unspecified atom stereocenters. The van der Waals surface area contributed by atoms with Crippen LogP contribution in [0.25, 0.3) is 0 Å². The van der Waals surface area contributed by atoms with Crippen molar-refractivity contribution in [3.05, 3.63) is 16.1 Å². The van der Waals surface area contributed by atoms with E-state index in [1.54, 1.807) is 0 Å². The average molecular weight is 281 g/mol. The van der Waals surface area contributed by atoms with E-state index in [0.717, 1.165) is 13.1 Å². The molecule has 1 aliphatic rings. The van der Waals surface area contributed by atoms with Gasteiger partial charge < -0.3 is 5.32 Å². The second kappa shape index (κ2) is 6.33. The van der Waals surface area contributed by atoms with Crippen molar-refractivity contribution in [2.75, 3.05) is 19.6 Å². The summed E-state index contributed by atoms with van der Waals surface area (Å²) in [6.07, 6.45) is 4.76. The first-order valence-corrected chi connectivity index (χ1v) is 8.18. The first kappa shape index (κ1) is 14.9. The topological polar surface area (TPSA) is 28.2 Å². The van der Waals surface area contributed by atoms with Crippen molar-refractivity contribution in [1.82, 2.24) is 15.2 Å². The first-order valence-electron chi connectivity index (χ1n) is 7.37. The third-order valence-corrected chi connectivity index (χ3v) is 5.12. The number of hydrogen-bond acceptors (Lipinski definition) is 4. The molecule has 4 heteroatoms. The average Bonchev–Trinajstić information content (AvgIpc) is 2.99. The molecule has 0 saturated carbocycles. The number of thiazole rings is 1. The molecule has 1 aliphatic heterocycles. The minimum atomic E-state index is 0.172. The van der Waals surface area contributed by atoms with Gasteiger partial charge >= 0.3 is 0 Å². The molecule has 1 aromatic rings. The van der Waals surface area contributed by atoms with Crippen molar-refractivity contribution in [3.8, 4) is 0 Å². The van der Waals surface area contributed by atoms with Crippen LogP contribution in [0.5, 0.6) is 0 Å². The molecule has 108 valence electrons. The van der Waals surface area contributed by atoms with Crippen LogP contribution in [0.2, 0.25) is 0 Å². The first-order chi connectivity index (χ1) is 8.97. The lowest BCUT2D eigenvalue weighted by Gasteiger charge is -2.23. The molecule has 1 aromatic heterocycles. The van der Waals surface area contributed by atoms with Crippen LogP contribution in [-0.2, 0) is 12.0 Å². The summed E-state index contributed by atoms with van der Waals surface area (Å²) in [5.74, 6) is 0. The summed E-state index contributed by atoms with van der Waals surface area (Å²) in [7, 11) is 0. The van der Waals surface area contributed by atoms with Gasteiger partial charge in [-0.2, -0.15) is 0 Å². The Kier molecular flexibility index (Phi) is 4.98. The summed E-state index contributed by atoms with van der Waals surface area (Å²) in [6, 6.07) is 0.650. The Bertz CT molecular complexity index is 388. The molecule has 1 fully saturated rings. The SMILES string of the molecule is CC(CNCc1cnc(C(C)(C)C)s1)N1CCCC1. The van der Waals surface area contributed by atoms with Gasteiger partial charge in [-0.15, -0.1) is 11.3 Å². The van der Waals surface area contributed by atoms with E-state index in [-0.39, 0.29) is 5.41 Å². The Morgan fingerprint density at radius 3 is 2.63 bits per heavy atom. The highest BCUT2D eigenvalue weighted by Gasteiger charge is 2.19. The van der Waals surface area contributed by atoms with Gasteiger partial charge in [-0.25, -0.2) is 4.98 Å². The fourth-order valence-corrected chi connectivity index (χ4v) is 3.39. The van der Waals surface area contributed by atoms with Gasteiger partial charge in [-0.05, 0) is 32.9 Å². The largest absolute Gasteiger partial charge is 0.310 e. The Morgan fingerprint density at radius 1 is 1.37 bits per heavy atom. The van der Waals surface area contributed by atoms with Crippen molar-refractivity contribution in [2.24, 2.45) is 0 Å². The van der Waals surface area contributed by atoms with Crippen molar-refractivity contribution < 1.29 is 0 Å². The Balaban J connectivity index is 1.74. The predicted octanol–water partition coefficient (Wildman–Crippen LogP) is 3.01. The molecule has 1 N–H and O–H groups in total. The molecule has 3 nitrogen and oxygen atoms in total. The monoisotopic (exact) mass is 281 g/mol. The molecule has 19 heavy (non-hydrogen) atoms. The fourth-order valence-electron chi connectivity index (χ4n) is 2.45. The summed E-state index contributed by atoms with van der Waals surface area (Å²) >= 11 is 1.84. The van der Waals surface area contributed by atoms with E-state index in [9.17, 15) is 0 Å². The third-order valence-electron chi connectivity index (χ3n) is 3.70. The zero-order chi connectivity index (χ0) is 13.9. The Hall–Kier alpha value is -0.450. The van der Waals surface area contributed by atoms with Gasteiger partial charge in [-0.1, -0.05) is 20.8 Å². The van der Waals surface area contributed by atoms with Crippen LogP contribution >= 0.6 is 11.3 Å². The zero-order valence-electron chi connectivity index (χ0n) is 12.7. The lowest BCUT2D eigenvalue weighted by Crippen LogP contribution is -2.38. The molecule has 0 bridgehead atoms. The Labute approximate surface area is 121 Å². The van der Waals surface area contributed by atoms with Crippen LogP contribution in [-0.4, -0.2) is 35.6 Å². The summed E-state index contributed by atoms with van der Waals surface area (Å²) in [5.41, 5.74) is 0.172. The predicted molar refractivity (Wildman–Crippen MR) is 82.8 cm³/mol. The van der Waals surface area contributed by atoms with E-state index < -0.39 is 0 Å². The molecule has 0 aromatic carbocycles. The maximum atomic E-state index is 4.53. The van der Waals surface area contributed by atoms with Crippen LogP contribution < -0.4 is 5.32 Å². The van der Waals surface area contributed by atoms with Crippen LogP contribution in [0.1, 0.15) is 50.4 Å². The number of likely N-dealkylation sites (tertiary alicyclic amines) is 1. The molecule has 1 saturated heterocycles. The quantitative estimate of drug-likeness (QED) is 0.899. The summed E-state index contributed by atoms with van der Waals surface area (Å²) in [4.78, 5) is 8.46. The minimum absolute atomic E-state index is 0.172. The van der Waals surface area contributed by atoms with E-state index in [0.29, 0.717) is 6.04 Å². The highest BCUT2D eigenvalue weighted by atomic mass is 32.1. The van der Waals surface area contributed by atoms with Gasteiger partial charge in [0.25, 0.3) is 0 Å². The highest BCUT2D eigenvalue weighted by molar-refractivity contribution is 7.11. The number of nitrogens with zero attached hydrogens (tertiary/aromatic N) is 2. The van der Waals surface area contributed by atoms with Crippen molar-refractivity contribution in [1.29, 1.82) is 0 Å². The summed E-state index contributed by atoms with van der Waals surface area (Å²) in [6.45, 7) is 13.6. The van der Waals surface area contributed by atoms with Gasteiger partial charge in [0.15, 0.2) is 0 Å². The lowest BCUT2D eigenvalue weighted by molar-refractivity contribution is 0.252. The van der Waals surface area contributed by atoms with E-state index in [4.69, 9.17) is 0 Å². The van der Waals surface area contributed by atoms with Gasteiger partial charge in [-0.3, -0.25) is 4.90 Å². The van der Waals surface area contributed by atoms with Crippen molar-refractivity contribution in [3.63, 3.8) is 0 Å². The number of hydrogen-bond donors (Lipinski definition) is 1. The maximum absolute atomic E-state index is 4.53. The standard InChI is InChI=1S/C15H27N3S/c1-12(18-7-5-6-8-18)9-16-10-13-11-17-14(19-13)15(2,3)4/h11-12,16H,5-10H2,1-4H3. The molecule has 2 heterocycles. The van der Waals surface area contributed by atoms with Crippen molar-refractivity contribution in [2.45, 2.75) is 58.5 Å². The van der Waals surface area contributed by atoms with E-state index in [1.807, 2.05) is 17.5 Å². The second-order valence-electron chi connectivity index (χ2n) is 6.60. The minimum Gasteiger partial charge on any atom is -0.310 e. The number of aromatic nitrogens is 1. The maximum Gasteiger partial charge on any atom is 0.0981 e.